The quantitative estimate of drug-likeness (QED) is 0.899. The standard InChI is InChI=1S/C13H15N3O3S2/c1-8(2)11(17)7-9-3-5-10(6-4-9)12-15-16-13(20-12)21(14,18)19/h3-6,8H,7H2,1-2H3,(H2,14,18,19). The van der Waals surface area contributed by atoms with E-state index in [1.54, 1.807) is 12.1 Å². The molecule has 0 saturated carbocycles. The van der Waals surface area contributed by atoms with Crippen LogP contribution in [0, 0.1) is 5.92 Å². The van der Waals surface area contributed by atoms with Crippen LogP contribution in [-0.2, 0) is 21.2 Å². The average Bonchev–Trinajstić information content (AvgIpc) is 2.89. The van der Waals surface area contributed by atoms with Crippen molar-refractivity contribution in [2.45, 2.75) is 24.6 Å². The molecule has 2 rings (SSSR count). The van der Waals surface area contributed by atoms with Crippen molar-refractivity contribution in [2.24, 2.45) is 11.1 Å². The van der Waals surface area contributed by atoms with E-state index in [1.165, 1.54) is 0 Å². The third-order valence-corrected chi connectivity index (χ3v) is 5.16. The molecule has 0 radical (unpaired) electrons. The predicted octanol–water partition coefficient (Wildman–Crippen LogP) is 1.62. The minimum atomic E-state index is -3.82. The zero-order valence-corrected chi connectivity index (χ0v) is 13.2. The Kier molecular flexibility index (Phi) is 4.50. The normalized spacial score (nSPS) is 11.8. The van der Waals surface area contributed by atoms with Crippen LogP contribution in [0.5, 0.6) is 0 Å². The van der Waals surface area contributed by atoms with Gasteiger partial charge in [0, 0.05) is 17.9 Å². The zero-order chi connectivity index (χ0) is 15.6. The van der Waals surface area contributed by atoms with Gasteiger partial charge in [-0.1, -0.05) is 49.4 Å². The summed E-state index contributed by atoms with van der Waals surface area (Å²) in [5.74, 6) is 0.181. The molecule has 21 heavy (non-hydrogen) atoms. The van der Waals surface area contributed by atoms with Crippen molar-refractivity contribution in [1.29, 1.82) is 0 Å². The first-order valence-electron chi connectivity index (χ1n) is 6.25. The van der Waals surface area contributed by atoms with Crippen LogP contribution in [0.25, 0.3) is 10.6 Å². The van der Waals surface area contributed by atoms with Crippen molar-refractivity contribution >= 4 is 27.1 Å². The smallest absolute Gasteiger partial charge is 0.267 e. The summed E-state index contributed by atoms with van der Waals surface area (Å²) in [6.07, 6.45) is 0.385. The van der Waals surface area contributed by atoms with Gasteiger partial charge in [-0.15, -0.1) is 10.2 Å². The number of carbonyl (C=O) groups excluding carboxylic acids is 1. The van der Waals surface area contributed by atoms with E-state index in [0.29, 0.717) is 11.4 Å². The molecular formula is C13H15N3O3S2. The third kappa shape index (κ3) is 3.93. The van der Waals surface area contributed by atoms with Crippen LogP contribution < -0.4 is 5.14 Å². The van der Waals surface area contributed by atoms with Gasteiger partial charge < -0.3 is 0 Å². The molecule has 0 bridgehead atoms. The predicted molar refractivity (Wildman–Crippen MR) is 80.3 cm³/mol. The Balaban J connectivity index is 2.19. The van der Waals surface area contributed by atoms with Gasteiger partial charge in [-0.25, -0.2) is 13.6 Å². The number of nitrogens with two attached hydrogens (primary N) is 1. The van der Waals surface area contributed by atoms with Gasteiger partial charge in [0.15, 0.2) is 0 Å². The van der Waals surface area contributed by atoms with Gasteiger partial charge in [0.25, 0.3) is 10.0 Å². The molecular weight excluding hydrogens is 310 g/mol. The summed E-state index contributed by atoms with van der Waals surface area (Å²) in [7, 11) is -3.82. The number of primary sulfonamides is 1. The molecule has 1 heterocycles. The van der Waals surface area contributed by atoms with E-state index in [1.807, 2.05) is 26.0 Å². The summed E-state index contributed by atoms with van der Waals surface area (Å²) < 4.78 is 22.1. The van der Waals surface area contributed by atoms with E-state index in [4.69, 9.17) is 5.14 Å². The van der Waals surface area contributed by atoms with Crippen LogP contribution in [0.3, 0.4) is 0 Å². The Hall–Kier alpha value is -1.64. The monoisotopic (exact) mass is 325 g/mol. The molecule has 1 aromatic heterocycles. The van der Waals surface area contributed by atoms with Crippen molar-refractivity contribution < 1.29 is 13.2 Å². The van der Waals surface area contributed by atoms with Crippen LogP contribution in [0.4, 0.5) is 0 Å². The molecule has 6 nitrogen and oxygen atoms in total. The number of nitrogens with zero attached hydrogens (tertiary/aromatic N) is 2. The summed E-state index contributed by atoms with van der Waals surface area (Å²) in [4.78, 5) is 11.7. The molecule has 0 unspecified atom stereocenters. The summed E-state index contributed by atoms with van der Waals surface area (Å²) >= 11 is 0.915. The first-order valence-corrected chi connectivity index (χ1v) is 8.62. The van der Waals surface area contributed by atoms with Gasteiger partial charge >= 0.3 is 0 Å². The first kappa shape index (κ1) is 15.7. The van der Waals surface area contributed by atoms with Gasteiger partial charge in [-0.3, -0.25) is 4.79 Å². The van der Waals surface area contributed by atoms with Crippen LogP contribution in [0.2, 0.25) is 0 Å². The van der Waals surface area contributed by atoms with Crippen molar-refractivity contribution in [1.82, 2.24) is 10.2 Å². The van der Waals surface area contributed by atoms with Gasteiger partial charge in [-0.05, 0) is 5.56 Å². The molecule has 0 aliphatic heterocycles. The van der Waals surface area contributed by atoms with Crippen molar-refractivity contribution in [3.05, 3.63) is 29.8 Å². The van der Waals surface area contributed by atoms with Crippen molar-refractivity contribution in [2.75, 3.05) is 0 Å². The Morgan fingerprint density at radius 3 is 2.33 bits per heavy atom. The van der Waals surface area contributed by atoms with Crippen LogP contribution in [0.1, 0.15) is 19.4 Å². The maximum atomic E-state index is 11.7. The van der Waals surface area contributed by atoms with Crippen LogP contribution in [-0.4, -0.2) is 24.4 Å². The van der Waals surface area contributed by atoms with Gasteiger partial charge in [0.1, 0.15) is 10.8 Å². The molecule has 1 aromatic carbocycles. The summed E-state index contributed by atoms with van der Waals surface area (Å²) in [6.45, 7) is 3.74. The number of carbonyl (C=O) groups is 1. The second-order valence-electron chi connectivity index (χ2n) is 4.91. The van der Waals surface area contributed by atoms with Crippen molar-refractivity contribution in [3.63, 3.8) is 0 Å². The van der Waals surface area contributed by atoms with E-state index in [2.05, 4.69) is 10.2 Å². The first-order chi connectivity index (χ1) is 9.77. The molecule has 2 aromatic rings. The lowest BCUT2D eigenvalue weighted by molar-refractivity contribution is -0.121. The number of benzene rings is 1. The lowest BCUT2D eigenvalue weighted by Crippen LogP contribution is -2.11. The average molecular weight is 325 g/mol. The molecule has 112 valence electrons. The van der Waals surface area contributed by atoms with E-state index in [9.17, 15) is 13.2 Å². The maximum Gasteiger partial charge on any atom is 0.267 e. The second kappa shape index (κ2) is 6.00. The van der Waals surface area contributed by atoms with Gasteiger partial charge in [0.2, 0.25) is 4.34 Å². The minimum absolute atomic E-state index is 0.00478. The van der Waals surface area contributed by atoms with Gasteiger partial charge in [-0.2, -0.15) is 0 Å². The van der Waals surface area contributed by atoms with E-state index in [-0.39, 0.29) is 16.0 Å². The molecule has 0 spiro atoms. The SMILES string of the molecule is CC(C)C(=O)Cc1ccc(-c2nnc(S(N)(=O)=O)s2)cc1. The molecule has 0 saturated heterocycles. The molecule has 0 fully saturated rings. The number of aromatic nitrogens is 2. The van der Waals surface area contributed by atoms with E-state index in [0.717, 1.165) is 22.5 Å². The number of sulfonamides is 1. The molecule has 0 aliphatic carbocycles. The molecule has 0 aliphatic rings. The van der Waals surface area contributed by atoms with E-state index >= 15 is 0 Å². The second-order valence-corrected chi connectivity index (χ2v) is 7.63. The topological polar surface area (TPSA) is 103 Å². The highest BCUT2D eigenvalue weighted by Crippen LogP contribution is 2.25. The van der Waals surface area contributed by atoms with Gasteiger partial charge in [0.05, 0.1) is 0 Å². The Morgan fingerprint density at radius 2 is 1.86 bits per heavy atom. The Labute approximate surface area is 127 Å². The van der Waals surface area contributed by atoms with Crippen LogP contribution >= 0.6 is 11.3 Å². The number of rotatable bonds is 5. The molecule has 0 amide bonds. The fraction of sp³-hybridized carbons (Fsp3) is 0.308. The fourth-order valence-corrected chi connectivity index (χ4v) is 3.05. The lowest BCUT2D eigenvalue weighted by Gasteiger charge is -2.04. The largest absolute Gasteiger partial charge is 0.299 e. The number of ketones is 1. The summed E-state index contributed by atoms with van der Waals surface area (Å²) in [5.41, 5.74) is 1.65. The Bertz CT molecular complexity index is 749. The number of hydrogen-bond acceptors (Lipinski definition) is 6. The summed E-state index contributed by atoms with van der Waals surface area (Å²) in [6, 6.07) is 7.23. The highest BCUT2D eigenvalue weighted by molar-refractivity contribution is 7.91. The van der Waals surface area contributed by atoms with E-state index < -0.39 is 10.0 Å². The lowest BCUT2D eigenvalue weighted by atomic mass is 10.0. The molecule has 8 heteroatoms. The number of Topliss-reactive ketones (excluding diaryl/α,β-unsaturated/α-hetero) is 1. The molecule has 2 N–H and O–H groups in total. The third-order valence-electron chi connectivity index (χ3n) is 2.87. The Morgan fingerprint density at radius 1 is 1.24 bits per heavy atom. The highest BCUT2D eigenvalue weighted by Gasteiger charge is 2.16. The maximum absolute atomic E-state index is 11.7. The minimum Gasteiger partial charge on any atom is -0.299 e. The van der Waals surface area contributed by atoms with Crippen LogP contribution in [0.15, 0.2) is 28.6 Å². The number of hydrogen-bond donors (Lipinski definition) is 1. The van der Waals surface area contributed by atoms with Crippen molar-refractivity contribution in [3.8, 4) is 10.6 Å². The fourth-order valence-electron chi connectivity index (χ4n) is 1.61. The summed E-state index contributed by atoms with van der Waals surface area (Å²) in [5, 5.41) is 12.8. The zero-order valence-electron chi connectivity index (χ0n) is 11.6. The highest BCUT2D eigenvalue weighted by atomic mass is 32.2. The molecule has 0 atom stereocenters.